The highest BCUT2D eigenvalue weighted by Crippen LogP contribution is 2.44. The maximum absolute atomic E-state index is 13.9. The van der Waals surface area contributed by atoms with E-state index < -0.39 is 0 Å². The van der Waals surface area contributed by atoms with Crippen LogP contribution in [0.3, 0.4) is 0 Å². The smallest absolute Gasteiger partial charge is 0.219 e. The Balaban J connectivity index is 1.69. The summed E-state index contributed by atoms with van der Waals surface area (Å²) in [5, 5.41) is 2.98. The van der Waals surface area contributed by atoms with Crippen LogP contribution in [0.2, 0.25) is 0 Å². The standard InChI is InChI=1S/C17H22FNO2/c1-2-3-15(20)19-8-6-11-4-5-12-10-14(18)17-13(16(11)12)7-9-21-17/h10-11H,2-9H2,1H3,(H,19,20). The van der Waals surface area contributed by atoms with Gasteiger partial charge in [-0.25, -0.2) is 4.39 Å². The van der Waals surface area contributed by atoms with Crippen molar-refractivity contribution >= 4 is 5.91 Å². The number of halogens is 1. The van der Waals surface area contributed by atoms with Gasteiger partial charge in [0.1, 0.15) is 0 Å². The molecule has 0 radical (unpaired) electrons. The molecule has 0 bridgehead atoms. The van der Waals surface area contributed by atoms with E-state index >= 15 is 0 Å². The van der Waals surface area contributed by atoms with Crippen LogP contribution in [0.4, 0.5) is 4.39 Å². The fourth-order valence-corrected chi connectivity index (χ4v) is 3.60. The third-order valence-corrected chi connectivity index (χ3v) is 4.52. The molecule has 1 aromatic rings. The lowest BCUT2D eigenvalue weighted by Gasteiger charge is -2.15. The highest BCUT2D eigenvalue weighted by Gasteiger charge is 2.31. The first-order chi connectivity index (χ1) is 10.2. The SMILES string of the molecule is CCCC(=O)NCCC1CCc2cc(F)c3c(c21)CCO3. The van der Waals surface area contributed by atoms with Crippen molar-refractivity contribution < 1.29 is 13.9 Å². The molecule has 1 unspecified atom stereocenters. The Bertz CT molecular complexity index is 556. The van der Waals surface area contributed by atoms with Gasteiger partial charge in [0.25, 0.3) is 0 Å². The van der Waals surface area contributed by atoms with Gasteiger partial charge in [0.2, 0.25) is 5.91 Å². The van der Waals surface area contributed by atoms with Gasteiger partial charge < -0.3 is 10.1 Å². The normalized spacial score (nSPS) is 19.0. The molecular formula is C17H22FNO2. The zero-order valence-corrected chi connectivity index (χ0v) is 12.5. The first kappa shape index (κ1) is 14.4. The van der Waals surface area contributed by atoms with Gasteiger partial charge in [0.15, 0.2) is 11.6 Å². The van der Waals surface area contributed by atoms with E-state index in [1.807, 2.05) is 6.92 Å². The third-order valence-electron chi connectivity index (χ3n) is 4.52. The second kappa shape index (κ2) is 6.04. The van der Waals surface area contributed by atoms with Crippen molar-refractivity contribution in [1.82, 2.24) is 5.32 Å². The number of hydrogen-bond donors (Lipinski definition) is 1. The largest absolute Gasteiger partial charge is 0.490 e. The van der Waals surface area contributed by atoms with E-state index in [0.29, 0.717) is 31.2 Å². The summed E-state index contributed by atoms with van der Waals surface area (Å²) in [6.07, 6.45) is 5.20. The minimum absolute atomic E-state index is 0.128. The molecule has 0 fully saturated rings. The molecule has 0 saturated heterocycles. The quantitative estimate of drug-likeness (QED) is 0.905. The summed E-state index contributed by atoms with van der Waals surface area (Å²) >= 11 is 0. The van der Waals surface area contributed by atoms with E-state index in [1.165, 1.54) is 5.56 Å². The Hall–Kier alpha value is -1.58. The number of benzene rings is 1. The minimum atomic E-state index is -0.210. The van der Waals surface area contributed by atoms with E-state index in [9.17, 15) is 9.18 Å². The number of hydrogen-bond acceptors (Lipinski definition) is 2. The lowest BCUT2D eigenvalue weighted by molar-refractivity contribution is -0.121. The molecule has 0 spiro atoms. The van der Waals surface area contributed by atoms with Crippen LogP contribution in [0, 0.1) is 5.82 Å². The van der Waals surface area contributed by atoms with E-state index in [4.69, 9.17) is 4.74 Å². The first-order valence-electron chi connectivity index (χ1n) is 7.94. The second-order valence-electron chi connectivity index (χ2n) is 5.96. The fourth-order valence-electron chi connectivity index (χ4n) is 3.60. The van der Waals surface area contributed by atoms with Crippen molar-refractivity contribution in [1.29, 1.82) is 0 Å². The molecule has 1 amide bonds. The van der Waals surface area contributed by atoms with Crippen LogP contribution < -0.4 is 10.1 Å². The number of nitrogens with one attached hydrogen (secondary N) is 1. The molecule has 3 rings (SSSR count). The van der Waals surface area contributed by atoms with Gasteiger partial charge in [-0.1, -0.05) is 6.92 Å². The predicted octanol–water partition coefficient (Wildman–Crippen LogP) is 3.10. The van der Waals surface area contributed by atoms with E-state index in [2.05, 4.69) is 5.32 Å². The molecule has 21 heavy (non-hydrogen) atoms. The van der Waals surface area contributed by atoms with Crippen molar-refractivity contribution in [3.05, 3.63) is 28.6 Å². The molecule has 1 aliphatic carbocycles. The van der Waals surface area contributed by atoms with Crippen LogP contribution in [0.1, 0.15) is 55.2 Å². The molecule has 3 nitrogen and oxygen atoms in total. The van der Waals surface area contributed by atoms with Crippen LogP contribution in [0.5, 0.6) is 5.75 Å². The van der Waals surface area contributed by atoms with Crippen LogP contribution in [0.15, 0.2) is 6.07 Å². The Morgan fingerprint density at radius 1 is 1.48 bits per heavy atom. The minimum Gasteiger partial charge on any atom is -0.490 e. The summed E-state index contributed by atoms with van der Waals surface area (Å²) in [6.45, 7) is 3.29. The van der Waals surface area contributed by atoms with Gasteiger partial charge in [0.05, 0.1) is 6.61 Å². The molecule has 4 heteroatoms. The highest BCUT2D eigenvalue weighted by molar-refractivity contribution is 5.75. The van der Waals surface area contributed by atoms with Gasteiger partial charge >= 0.3 is 0 Å². The van der Waals surface area contributed by atoms with Gasteiger partial charge in [-0.3, -0.25) is 4.79 Å². The second-order valence-corrected chi connectivity index (χ2v) is 5.96. The summed E-state index contributed by atoms with van der Waals surface area (Å²) in [5.41, 5.74) is 3.52. The molecule has 1 heterocycles. The Kier molecular flexibility index (Phi) is 4.13. The van der Waals surface area contributed by atoms with Crippen LogP contribution >= 0.6 is 0 Å². The molecule has 1 aliphatic heterocycles. The van der Waals surface area contributed by atoms with E-state index in [1.54, 1.807) is 6.07 Å². The van der Waals surface area contributed by atoms with Crippen molar-refractivity contribution in [2.24, 2.45) is 0 Å². The van der Waals surface area contributed by atoms with Crippen LogP contribution in [-0.4, -0.2) is 19.1 Å². The number of fused-ring (bicyclic) bond motifs is 3. The number of carbonyl (C=O) groups excluding carboxylic acids is 1. The molecule has 1 atom stereocenters. The summed E-state index contributed by atoms with van der Waals surface area (Å²) in [6, 6.07) is 1.65. The summed E-state index contributed by atoms with van der Waals surface area (Å²) in [4.78, 5) is 11.5. The lowest BCUT2D eigenvalue weighted by Crippen LogP contribution is -2.25. The van der Waals surface area contributed by atoms with E-state index in [-0.39, 0.29) is 11.7 Å². The fraction of sp³-hybridized carbons (Fsp3) is 0.588. The summed E-state index contributed by atoms with van der Waals surface area (Å²) < 4.78 is 19.4. The topological polar surface area (TPSA) is 38.3 Å². The monoisotopic (exact) mass is 291 g/mol. The Labute approximate surface area is 124 Å². The molecule has 114 valence electrons. The molecule has 1 aromatic carbocycles. The van der Waals surface area contributed by atoms with Crippen LogP contribution in [-0.2, 0) is 17.6 Å². The Morgan fingerprint density at radius 3 is 3.14 bits per heavy atom. The molecule has 0 aromatic heterocycles. The van der Waals surface area contributed by atoms with Crippen LogP contribution in [0.25, 0.3) is 0 Å². The predicted molar refractivity (Wildman–Crippen MR) is 79.2 cm³/mol. The average molecular weight is 291 g/mol. The lowest BCUT2D eigenvalue weighted by atomic mass is 9.91. The summed E-state index contributed by atoms with van der Waals surface area (Å²) in [7, 11) is 0. The number of rotatable bonds is 5. The van der Waals surface area contributed by atoms with Gasteiger partial charge in [0, 0.05) is 24.9 Å². The third kappa shape index (κ3) is 2.76. The molecule has 0 saturated carbocycles. The van der Waals surface area contributed by atoms with Gasteiger partial charge in [-0.2, -0.15) is 0 Å². The van der Waals surface area contributed by atoms with Crippen molar-refractivity contribution in [3.63, 3.8) is 0 Å². The van der Waals surface area contributed by atoms with Gasteiger partial charge in [-0.05, 0) is 48.8 Å². The number of amides is 1. The summed E-state index contributed by atoms with van der Waals surface area (Å²) in [5.74, 6) is 0.815. The number of carbonyl (C=O) groups is 1. The van der Waals surface area contributed by atoms with E-state index in [0.717, 1.165) is 43.2 Å². The molecule has 2 aliphatic rings. The average Bonchev–Trinajstić information content (AvgIpc) is 3.06. The Morgan fingerprint density at radius 2 is 2.33 bits per heavy atom. The highest BCUT2D eigenvalue weighted by atomic mass is 19.1. The number of aryl methyl sites for hydroxylation is 1. The van der Waals surface area contributed by atoms with Crippen molar-refractivity contribution in [3.8, 4) is 5.75 Å². The zero-order chi connectivity index (χ0) is 14.8. The number of ether oxygens (including phenoxy) is 1. The molecule has 1 N–H and O–H groups in total. The first-order valence-corrected chi connectivity index (χ1v) is 7.94. The zero-order valence-electron chi connectivity index (χ0n) is 12.5. The van der Waals surface area contributed by atoms with Crippen molar-refractivity contribution in [2.75, 3.05) is 13.2 Å². The maximum atomic E-state index is 13.9. The molecular weight excluding hydrogens is 269 g/mol. The van der Waals surface area contributed by atoms with Gasteiger partial charge in [-0.15, -0.1) is 0 Å². The van der Waals surface area contributed by atoms with Crippen molar-refractivity contribution in [2.45, 2.75) is 51.4 Å². The maximum Gasteiger partial charge on any atom is 0.219 e.